The minimum atomic E-state index is -0.286. The second kappa shape index (κ2) is 8.63. The van der Waals surface area contributed by atoms with Gasteiger partial charge in [0.1, 0.15) is 10.0 Å². The number of carbonyl (C=O) groups is 1. The molecule has 1 aromatic carbocycles. The van der Waals surface area contributed by atoms with E-state index in [2.05, 4.69) is 25.8 Å². The number of nitrogens with one attached hydrogen (secondary N) is 1. The molecule has 1 amide bonds. The molecule has 1 atom stereocenters. The molecule has 0 bridgehead atoms. The van der Waals surface area contributed by atoms with Crippen LogP contribution in [0.2, 0.25) is 0 Å². The van der Waals surface area contributed by atoms with E-state index in [-0.39, 0.29) is 17.6 Å². The second-order valence-electron chi connectivity index (χ2n) is 5.76. The fourth-order valence-corrected chi connectivity index (χ4v) is 3.07. The molecule has 3 aromatic rings. The van der Waals surface area contributed by atoms with Crippen LogP contribution >= 0.6 is 11.3 Å². The van der Waals surface area contributed by atoms with Gasteiger partial charge >= 0.3 is 0 Å². The molecule has 9 heteroatoms. The van der Waals surface area contributed by atoms with Crippen LogP contribution in [0.1, 0.15) is 34.9 Å². The van der Waals surface area contributed by atoms with Gasteiger partial charge in [-0.05, 0) is 13.3 Å². The van der Waals surface area contributed by atoms with E-state index in [0.717, 1.165) is 22.0 Å². The number of rotatable bonds is 8. The molecule has 2 heterocycles. The number of hydrogen-bond donors (Lipinski definition) is 1. The Labute approximate surface area is 155 Å². The molecule has 2 aromatic heterocycles. The topological polar surface area (TPSA) is 94.8 Å². The first-order chi connectivity index (χ1) is 12.7. The Morgan fingerprint density at radius 3 is 2.85 bits per heavy atom. The van der Waals surface area contributed by atoms with Crippen LogP contribution in [0.5, 0.6) is 0 Å². The van der Waals surface area contributed by atoms with Crippen molar-refractivity contribution in [2.24, 2.45) is 0 Å². The van der Waals surface area contributed by atoms with Gasteiger partial charge in [0, 0.05) is 19.3 Å². The van der Waals surface area contributed by atoms with Crippen molar-refractivity contribution < 1.29 is 9.53 Å². The summed E-state index contributed by atoms with van der Waals surface area (Å²) in [4.78, 5) is 12.2. The molecule has 136 valence electrons. The van der Waals surface area contributed by atoms with Crippen molar-refractivity contribution in [1.29, 1.82) is 0 Å². The molecule has 0 fully saturated rings. The summed E-state index contributed by atoms with van der Waals surface area (Å²) in [5.41, 5.74) is 1.29. The molecule has 0 radical (unpaired) electrons. The Morgan fingerprint density at radius 1 is 1.27 bits per heavy atom. The lowest BCUT2D eigenvalue weighted by atomic mass is 10.2. The van der Waals surface area contributed by atoms with Crippen LogP contribution in [0.4, 0.5) is 0 Å². The molecule has 0 saturated carbocycles. The Balaban J connectivity index is 1.56. The van der Waals surface area contributed by atoms with Gasteiger partial charge in [-0.25, -0.2) is 4.68 Å². The number of methoxy groups -OCH3 is 1. The van der Waals surface area contributed by atoms with Crippen LogP contribution in [0.25, 0.3) is 10.6 Å². The third kappa shape index (κ3) is 4.50. The smallest absolute Gasteiger partial charge is 0.273 e. The Morgan fingerprint density at radius 2 is 2.08 bits per heavy atom. The normalized spacial score (nSPS) is 12.1. The van der Waals surface area contributed by atoms with Crippen molar-refractivity contribution in [3.63, 3.8) is 0 Å². The van der Waals surface area contributed by atoms with Crippen molar-refractivity contribution >= 4 is 17.2 Å². The quantitative estimate of drug-likeness (QED) is 0.652. The molecule has 0 aliphatic heterocycles. The van der Waals surface area contributed by atoms with E-state index in [1.165, 1.54) is 11.3 Å². The number of benzene rings is 1. The molecule has 0 unspecified atom stereocenters. The SMILES string of the molecule is COCC[C@@H](C)n1cc(C(=O)NCc2nnc(-c3ccccc3)s2)nn1. The third-order valence-corrected chi connectivity index (χ3v) is 4.79. The number of amides is 1. The third-order valence-electron chi connectivity index (χ3n) is 3.82. The molecular weight excluding hydrogens is 352 g/mol. The molecule has 8 nitrogen and oxygen atoms in total. The van der Waals surface area contributed by atoms with Gasteiger partial charge in [0.15, 0.2) is 5.69 Å². The summed E-state index contributed by atoms with van der Waals surface area (Å²) >= 11 is 1.45. The van der Waals surface area contributed by atoms with Gasteiger partial charge < -0.3 is 10.1 Å². The standard InChI is InChI=1S/C17H20N6O2S/c1-12(8-9-25-2)23-11-14(19-22-23)16(24)18-10-15-20-21-17(26-15)13-6-4-3-5-7-13/h3-7,11-12H,8-10H2,1-2H3,(H,18,24)/t12-/m1/s1. The number of carbonyl (C=O) groups excluding carboxylic acids is 1. The summed E-state index contributed by atoms with van der Waals surface area (Å²) in [5, 5.41) is 20.6. The van der Waals surface area contributed by atoms with Crippen molar-refractivity contribution in [2.75, 3.05) is 13.7 Å². The second-order valence-corrected chi connectivity index (χ2v) is 6.83. The Hall–Kier alpha value is -2.65. The molecule has 0 spiro atoms. The molecule has 0 aliphatic rings. The van der Waals surface area contributed by atoms with Crippen molar-refractivity contribution in [1.82, 2.24) is 30.5 Å². The molecule has 26 heavy (non-hydrogen) atoms. The van der Waals surface area contributed by atoms with Gasteiger partial charge in [0.05, 0.1) is 18.8 Å². The lowest BCUT2D eigenvalue weighted by molar-refractivity contribution is 0.0945. The van der Waals surface area contributed by atoms with Gasteiger partial charge in [-0.3, -0.25) is 4.79 Å². The summed E-state index contributed by atoms with van der Waals surface area (Å²) in [6.45, 7) is 2.93. The fourth-order valence-electron chi connectivity index (χ4n) is 2.29. The van der Waals surface area contributed by atoms with Crippen LogP contribution in [0.3, 0.4) is 0 Å². The fraction of sp³-hybridized carbons (Fsp3) is 0.353. The minimum absolute atomic E-state index is 0.112. The van der Waals surface area contributed by atoms with E-state index in [0.29, 0.717) is 13.2 Å². The highest BCUT2D eigenvalue weighted by Gasteiger charge is 2.14. The number of ether oxygens (including phenoxy) is 1. The van der Waals surface area contributed by atoms with E-state index in [9.17, 15) is 4.79 Å². The van der Waals surface area contributed by atoms with Crippen LogP contribution in [0, 0.1) is 0 Å². The maximum Gasteiger partial charge on any atom is 0.273 e. The van der Waals surface area contributed by atoms with Gasteiger partial charge in [0.2, 0.25) is 0 Å². The number of nitrogens with zero attached hydrogens (tertiary/aromatic N) is 5. The predicted octanol–water partition coefficient (Wildman–Crippen LogP) is 2.32. The first-order valence-electron chi connectivity index (χ1n) is 8.24. The first-order valence-corrected chi connectivity index (χ1v) is 9.06. The van der Waals surface area contributed by atoms with E-state index in [1.807, 2.05) is 37.3 Å². The first kappa shape index (κ1) is 18.2. The Kier molecular flexibility index (Phi) is 6.03. The zero-order chi connectivity index (χ0) is 18.4. The average Bonchev–Trinajstić information content (AvgIpc) is 3.34. The Bertz CT molecular complexity index is 848. The van der Waals surface area contributed by atoms with Gasteiger partial charge in [-0.2, -0.15) is 0 Å². The monoisotopic (exact) mass is 372 g/mol. The maximum absolute atomic E-state index is 12.2. The lowest BCUT2D eigenvalue weighted by Crippen LogP contribution is -2.23. The molecule has 1 N–H and O–H groups in total. The highest BCUT2D eigenvalue weighted by molar-refractivity contribution is 7.14. The van der Waals surface area contributed by atoms with E-state index in [4.69, 9.17) is 4.74 Å². The molecular formula is C17H20N6O2S. The molecule has 0 saturated heterocycles. The van der Waals surface area contributed by atoms with Gasteiger partial charge in [0.25, 0.3) is 5.91 Å². The summed E-state index contributed by atoms with van der Waals surface area (Å²) in [6.07, 6.45) is 2.44. The van der Waals surface area contributed by atoms with Crippen LogP contribution in [0.15, 0.2) is 36.5 Å². The zero-order valence-electron chi connectivity index (χ0n) is 14.6. The van der Waals surface area contributed by atoms with Crippen molar-refractivity contribution in [3.8, 4) is 10.6 Å². The lowest BCUT2D eigenvalue weighted by Gasteiger charge is -2.09. The van der Waals surface area contributed by atoms with E-state index in [1.54, 1.807) is 18.0 Å². The summed E-state index contributed by atoms with van der Waals surface area (Å²) in [7, 11) is 1.66. The van der Waals surface area contributed by atoms with Crippen molar-refractivity contribution in [3.05, 3.63) is 47.2 Å². The molecule has 3 rings (SSSR count). The van der Waals surface area contributed by atoms with Crippen molar-refractivity contribution in [2.45, 2.75) is 25.9 Å². The predicted molar refractivity (Wildman–Crippen MR) is 97.7 cm³/mol. The highest BCUT2D eigenvalue weighted by atomic mass is 32.1. The molecule has 0 aliphatic carbocycles. The summed E-state index contributed by atoms with van der Waals surface area (Å²) < 4.78 is 6.73. The maximum atomic E-state index is 12.2. The average molecular weight is 372 g/mol. The van der Waals surface area contributed by atoms with E-state index >= 15 is 0 Å². The zero-order valence-corrected chi connectivity index (χ0v) is 15.4. The van der Waals surface area contributed by atoms with Crippen LogP contribution < -0.4 is 5.32 Å². The summed E-state index contributed by atoms with van der Waals surface area (Å²) in [6, 6.07) is 9.93. The number of aromatic nitrogens is 5. The van der Waals surface area contributed by atoms with Gasteiger partial charge in [-0.15, -0.1) is 15.3 Å². The number of hydrogen-bond acceptors (Lipinski definition) is 7. The minimum Gasteiger partial charge on any atom is -0.385 e. The van der Waals surface area contributed by atoms with E-state index < -0.39 is 0 Å². The summed E-state index contributed by atoms with van der Waals surface area (Å²) in [5.74, 6) is -0.286. The largest absolute Gasteiger partial charge is 0.385 e. The highest BCUT2D eigenvalue weighted by Crippen LogP contribution is 2.22. The van der Waals surface area contributed by atoms with Crippen LogP contribution in [-0.4, -0.2) is 44.8 Å². The van der Waals surface area contributed by atoms with Gasteiger partial charge in [-0.1, -0.05) is 46.9 Å². The van der Waals surface area contributed by atoms with Crippen LogP contribution in [-0.2, 0) is 11.3 Å².